The number of amides is 1. The molecular formula is C24H28Cl2N2O3. The van der Waals surface area contributed by atoms with Gasteiger partial charge in [-0.05, 0) is 81.4 Å². The maximum Gasteiger partial charge on any atom is 0.231 e. The molecule has 0 radical (unpaired) electrons. The Bertz CT molecular complexity index is 953. The Kier molecular flexibility index (Phi) is 6.38. The quantitative estimate of drug-likeness (QED) is 0.663. The summed E-state index contributed by atoms with van der Waals surface area (Å²) in [5.74, 6) is 1.31. The van der Waals surface area contributed by atoms with Gasteiger partial charge in [0.1, 0.15) is 0 Å². The fourth-order valence-corrected chi connectivity index (χ4v) is 5.24. The van der Waals surface area contributed by atoms with Gasteiger partial charge in [0.15, 0.2) is 11.5 Å². The van der Waals surface area contributed by atoms with Crippen LogP contribution in [0.2, 0.25) is 10.0 Å². The summed E-state index contributed by atoms with van der Waals surface area (Å²) in [6.45, 7) is 6.10. The Morgan fingerprint density at radius 3 is 2.35 bits per heavy atom. The van der Waals surface area contributed by atoms with Crippen molar-refractivity contribution < 1.29 is 14.3 Å². The number of carbonyl (C=O) groups excluding carboxylic acids is 1. The van der Waals surface area contributed by atoms with Crippen molar-refractivity contribution in [3.8, 4) is 11.5 Å². The summed E-state index contributed by atoms with van der Waals surface area (Å²) in [6.07, 6.45) is 1.80. The molecule has 1 N–H and O–H groups in total. The van der Waals surface area contributed by atoms with Crippen molar-refractivity contribution >= 4 is 29.1 Å². The number of benzene rings is 2. The fourth-order valence-electron chi connectivity index (χ4n) is 4.69. The molecule has 0 spiro atoms. The molecule has 2 aromatic rings. The molecule has 2 aliphatic heterocycles. The molecular weight excluding hydrogens is 435 g/mol. The molecule has 1 saturated heterocycles. The maximum atomic E-state index is 13.4. The molecule has 2 unspecified atom stereocenters. The van der Waals surface area contributed by atoms with Crippen LogP contribution in [0, 0.1) is 5.92 Å². The van der Waals surface area contributed by atoms with E-state index in [1.165, 1.54) is 0 Å². The van der Waals surface area contributed by atoms with Crippen LogP contribution in [0.3, 0.4) is 0 Å². The van der Waals surface area contributed by atoms with Gasteiger partial charge in [-0.2, -0.15) is 0 Å². The highest BCUT2D eigenvalue weighted by atomic mass is 35.5. The van der Waals surface area contributed by atoms with Gasteiger partial charge in [0, 0.05) is 21.4 Å². The Hall–Kier alpha value is -1.95. The number of rotatable bonds is 5. The Morgan fingerprint density at radius 1 is 1.03 bits per heavy atom. The summed E-state index contributed by atoms with van der Waals surface area (Å²) >= 11 is 12.3. The van der Waals surface area contributed by atoms with E-state index in [9.17, 15) is 4.79 Å². The molecule has 7 heteroatoms. The third kappa shape index (κ3) is 4.50. The van der Waals surface area contributed by atoms with E-state index in [0.29, 0.717) is 10.0 Å². The Labute approximate surface area is 193 Å². The lowest BCUT2D eigenvalue weighted by molar-refractivity contribution is -0.128. The summed E-state index contributed by atoms with van der Waals surface area (Å²) in [6, 6.07) is 11.3. The molecule has 1 amide bonds. The van der Waals surface area contributed by atoms with Gasteiger partial charge in [-0.25, -0.2) is 0 Å². The summed E-state index contributed by atoms with van der Waals surface area (Å²) < 4.78 is 11.1. The van der Waals surface area contributed by atoms with E-state index in [0.717, 1.165) is 48.6 Å². The second kappa shape index (κ2) is 8.89. The molecule has 31 heavy (non-hydrogen) atoms. The second-order valence-corrected chi connectivity index (χ2v) is 9.56. The van der Waals surface area contributed by atoms with E-state index in [1.807, 2.05) is 32.0 Å². The predicted molar refractivity (Wildman–Crippen MR) is 123 cm³/mol. The number of likely N-dealkylation sites (tertiary alicyclic amines) is 1. The van der Waals surface area contributed by atoms with Gasteiger partial charge in [-0.3, -0.25) is 4.79 Å². The van der Waals surface area contributed by atoms with Crippen LogP contribution in [-0.4, -0.2) is 37.7 Å². The van der Waals surface area contributed by atoms with E-state index in [1.54, 1.807) is 6.07 Å². The number of hydrogen-bond acceptors (Lipinski definition) is 4. The molecule has 4 rings (SSSR count). The topological polar surface area (TPSA) is 50.8 Å². The van der Waals surface area contributed by atoms with E-state index >= 15 is 0 Å². The van der Waals surface area contributed by atoms with E-state index in [4.69, 9.17) is 32.7 Å². The zero-order chi connectivity index (χ0) is 22.2. The molecule has 0 aromatic heterocycles. The van der Waals surface area contributed by atoms with E-state index in [-0.39, 0.29) is 30.1 Å². The zero-order valence-electron chi connectivity index (χ0n) is 18.1. The first-order valence-electron chi connectivity index (χ1n) is 10.6. The van der Waals surface area contributed by atoms with E-state index in [2.05, 4.69) is 29.4 Å². The molecule has 0 saturated carbocycles. The van der Waals surface area contributed by atoms with Crippen molar-refractivity contribution in [2.45, 2.75) is 38.1 Å². The molecule has 5 nitrogen and oxygen atoms in total. The summed E-state index contributed by atoms with van der Waals surface area (Å²) in [5.41, 5.74) is 1.74. The third-order valence-electron chi connectivity index (χ3n) is 6.79. The first-order valence-corrected chi connectivity index (χ1v) is 11.4. The molecule has 2 aromatic carbocycles. The van der Waals surface area contributed by atoms with Crippen molar-refractivity contribution in [2.75, 3.05) is 26.9 Å². The number of halogens is 2. The highest BCUT2D eigenvalue weighted by molar-refractivity contribution is 6.34. The van der Waals surface area contributed by atoms with Gasteiger partial charge in [-0.1, -0.05) is 36.2 Å². The number of piperidine rings is 1. The lowest BCUT2D eigenvalue weighted by Crippen LogP contribution is -2.50. The summed E-state index contributed by atoms with van der Waals surface area (Å²) in [5, 5.41) is 4.30. The molecule has 2 aliphatic rings. The average molecular weight is 463 g/mol. The maximum absolute atomic E-state index is 13.4. The first-order chi connectivity index (χ1) is 14.8. The van der Waals surface area contributed by atoms with E-state index < -0.39 is 0 Å². The summed E-state index contributed by atoms with van der Waals surface area (Å²) in [4.78, 5) is 15.8. The monoisotopic (exact) mass is 462 g/mol. The second-order valence-electron chi connectivity index (χ2n) is 8.68. The lowest BCUT2D eigenvalue weighted by Gasteiger charge is -2.45. The van der Waals surface area contributed by atoms with Gasteiger partial charge in [0.25, 0.3) is 0 Å². The smallest absolute Gasteiger partial charge is 0.231 e. The first kappa shape index (κ1) is 22.3. The number of hydrogen-bond donors (Lipinski definition) is 1. The van der Waals surface area contributed by atoms with Crippen LogP contribution in [0.1, 0.15) is 43.9 Å². The minimum Gasteiger partial charge on any atom is -0.454 e. The normalized spacial score (nSPS) is 19.6. The third-order valence-corrected chi connectivity index (χ3v) is 7.23. The highest BCUT2D eigenvalue weighted by Crippen LogP contribution is 2.45. The molecule has 1 fully saturated rings. The number of ether oxygens (including phenoxy) is 2. The number of carbonyl (C=O) groups is 1. The lowest BCUT2D eigenvalue weighted by atomic mass is 9.64. The van der Waals surface area contributed by atoms with Crippen molar-refractivity contribution in [3.05, 3.63) is 57.6 Å². The SMILES string of the molecule is CC(NC(=O)C(C)C1(c2ccc3c(c2)OCO3)CCN(C)CC1)c1cc(Cl)cc(Cl)c1. The van der Waals surface area contributed by atoms with Crippen LogP contribution >= 0.6 is 23.2 Å². The molecule has 0 aliphatic carbocycles. The minimum absolute atomic E-state index is 0.0193. The number of fused-ring (bicyclic) bond motifs is 1. The molecule has 0 bridgehead atoms. The predicted octanol–water partition coefficient (Wildman–Crippen LogP) is 5.20. The molecule has 2 atom stereocenters. The van der Waals surface area contributed by atoms with Gasteiger partial charge in [-0.15, -0.1) is 0 Å². The molecule has 166 valence electrons. The van der Waals surface area contributed by atoms with Crippen molar-refractivity contribution in [2.24, 2.45) is 5.92 Å². The fraction of sp³-hybridized carbons (Fsp3) is 0.458. The number of nitrogens with one attached hydrogen (secondary N) is 1. The standard InChI is InChI=1S/C24H28Cl2N2O3/c1-15(23(29)27-16(2)17-10-19(25)13-20(26)11-17)24(6-8-28(3)9-7-24)18-4-5-21-22(12-18)31-14-30-21/h4-5,10-13,15-16H,6-9,14H2,1-3H3,(H,27,29). The molecule has 2 heterocycles. The van der Waals surface area contributed by atoms with Crippen LogP contribution in [-0.2, 0) is 10.2 Å². The van der Waals surface area contributed by atoms with Gasteiger partial charge in [0.2, 0.25) is 12.7 Å². The highest BCUT2D eigenvalue weighted by Gasteiger charge is 2.44. The minimum atomic E-state index is -0.275. The van der Waals surface area contributed by atoms with Gasteiger partial charge >= 0.3 is 0 Å². The Morgan fingerprint density at radius 2 is 1.68 bits per heavy atom. The number of nitrogens with zero attached hydrogens (tertiary/aromatic N) is 1. The van der Waals surface area contributed by atoms with Crippen molar-refractivity contribution in [1.29, 1.82) is 0 Å². The Balaban J connectivity index is 1.60. The van der Waals surface area contributed by atoms with Gasteiger partial charge in [0.05, 0.1) is 6.04 Å². The largest absolute Gasteiger partial charge is 0.454 e. The van der Waals surface area contributed by atoms with Crippen molar-refractivity contribution in [3.63, 3.8) is 0 Å². The van der Waals surface area contributed by atoms with Gasteiger partial charge < -0.3 is 19.7 Å². The van der Waals surface area contributed by atoms with Crippen LogP contribution in [0.4, 0.5) is 0 Å². The summed E-state index contributed by atoms with van der Waals surface area (Å²) in [7, 11) is 2.12. The van der Waals surface area contributed by atoms with Crippen LogP contribution in [0.5, 0.6) is 11.5 Å². The van der Waals surface area contributed by atoms with Crippen LogP contribution in [0.25, 0.3) is 0 Å². The average Bonchev–Trinajstić information content (AvgIpc) is 3.21. The zero-order valence-corrected chi connectivity index (χ0v) is 19.6. The van der Waals surface area contributed by atoms with Crippen LogP contribution in [0.15, 0.2) is 36.4 Å². The van der Waals surface area contributed by atoms with Crippen LogP contribution < -0.4 is 14.8 Å². The van der Waals surface area contributed by atoms with Crippen molar-refractivity contribution in [1.82, 2.24) is 10.2 Å².